The number of allylic oxidation sites excluding steroid dienone is 8. The van der Waals surface area contributed by atoms with Gasteiger partial charge < -0.3 is 0 Å². The summed E-state index contributed by atoms with van der Waals surface area (Å²) in [5, 5.41) is 0. The summed E-state index contributed by atoms with van der Waals surface area (Å²) in [7, 11) is 0. The molecule has 24 heavy (non-hydrogen) atoms. The standard InChI is InChI=1S/C24H34/c1-5-24(4,22-14-12-18-16(2)8-6-10-20(18)22)23-15-13-19-17(3)9-7-11-21(19)23/h12-17,22-23H,5-11H2,1-4H3. The summed E-state index contributed by atoms with van der Waals surface area (Å²) in [5.41, 5.74) is 7.34. The van der Waals surface area contributed by atoms with Crippen molar-refractivity contribution in [3.63, 3.8) is 0 Å². The maximum Gasteiger partial charge on any atom is 0.00484 e. The van der Waals surface area contributed by atoms with Gasteiger partial charge in [0.15, 0.2) is 0 Å². The topological polar surface area (TPSA) is 0 Å². The van der Waals surface area contributed by atoms with Crippen molar-refractivity contribution in [2.45, 2.75) is 72.6 Å². The molecular weight excluding hydrogens is 288 g/mol. The van der Waals surface area contributed by atoms with Crippen molar-refractivity contribution < 1.29 is 0 Å². The van der Waals surface area contributed by atoms with Crippen LogP contribution in [0.1, 0.15) is 72.6 Å². The predicted molar refractivity (Wildman–Crippen MR) is 104 cm³/mol. The van der Waals surface area contributed by atoms with E-state index in [1.54, 1.807) is 22.3 Å². The highest BCUT2D eigenvalue weighted by atomic mass is 14.5. The Kier molecular flexibility index (Phi) is 4.14. The second kappa shape index (κ2) is 6.04. The molecule has 0 nitrogen and oxygen atoms in total. The van der Waals surface area contributed by atoms with Gasteiger partial charge in [-0.25, -0.2) is 0 Å². The molecule has 0 aromatic carbocycles. The van der Waals surface area contributed by atoms with Crippen molar-refractivity contribution in [1.82, 2.24) is 0 Å². The van der Waals surface area contributed by atoms with E-state index in [1.807, 2.05) is 0 Å². The maximum absolute atomic E-state index is 2.58. The lowest BCUT2D eigenvalue weighted by molar-refractivity contribution is 0.183. The molecule has 4 atom stereocenters. The lowest BCUT2D eigenvalue weighted by Gasteiger charge is -2.43. The number of rotatable bonds is 3. The van der Waals surface area contributed by atoms with Gasteiger partial charge in [-0.2, -0.15) is 0 Å². The molecule has 4 unspecified atom stereocenters. The minimum Gasteiger partial charge on any atom is -0.0765 e. The second-order valence-corrected chi connectivity index (χ2v) is 9.08. The largest absolute Gasteiger partial charge is 0.0765 e. The molecule has 0 radical (unpaired) electrons. The van der Waals surface area contributed by atoms with Crippen molar-refractivity contribution in [2.75, 3.05) is 0 Å². The van der Waals surface area contributed by atoms with Crippen molar-refractivity contribution in [3.05, 3.63) is 46.6 Å². The van der Waals surface area contributed by atoms with Crippen LogP contribution in [-0.2, 0) is 0 Å². The molecule has 0 aromatic heterocycles. The summed E-state index contributed by atoms with van der Waals surface area (Å²) >= 11 is 0. The molecule has 4 aliphatic rings. The van der Waals surface area contributed by atoms with E-state index in [0.29, 0.717) is 17.3 Å². The lowest BCUT2D eigenvalue weighted by Crippen LogP contribution is -2.35. The Morgan fingerprint density at radius 1 is 0.875 bits per heavy atom. The SMILES string of the molecule is CCC(C)(C1C=CC2=C1CCCC2C)C1C=CC2=C1CCCC2C. The molecule has 130 valence electrons. The van der Waals surface area contributed by atoms with Gasteiger partial charge in [0, 0.05) is 11.8 Å². The molecule has 4 aliphatic carbocycles. The first-order valence-corrected chi connectivity index (χ1v) is 10.4. The lowest BCUT2D eigenvalue weighted by atomic mass is 9.60. The third-order valence-electron chi connectivity index (χ3n) is 7.84. The van der Waals surface area contributed by atoms with E-state index in [1.165, 1.54) is 44.9 Å². The van der Waals surface area contributed by atoms with E-state index in [0.717, 1.165) is 11.8 Å². The number of hydrogen-bond acceptors (Lipinski definition) is 0. The molecule has 0 heteroatoms. The van der Waals surface area contributed by atoms with Crippen LogP contribution in [0.25, 0.3) is 0 Å². The molecule has 0 spiro atoms. The van der Waals surface area contributed by atoms with Crippen molar-refractivity contribution in [3.8, 4) is 0 Å². The molecule has 0 saturated carbocycles. The van der Waals surface area contributed by atoms with Crippen LogP contribution >= 0.6 is 0 Å². The second-order valence-electron chi connectivity index (χ2n) is 9.08. The fourth-order valence-corrected chi connectivity index (χ4v) is 6.14. The Labute approximate surface area is 148 Å². The van der Waals surface area contributed by atoms with Gasteiger partial charge in [0.2, 0.25) is 0 Å². The number of hydrogen-bond donors (Lipinski definition) is 0. The zero-order chi connectivity index (χ0) is 16.9. The van der Waals surface area contributed by atoms with Crippen LogP contribution < -0.4 is 0 Å². The van der Waals surface area contributed by atoms with E-state index < -0.39 is 0 Å². The quantitative estimate of drug-likeness (QED) is 0.524. The van der Waals surface area contributed by atoms with Gasteiger partial charge in [-0.1, -0.05) is 63.1 Å². The van der Waals surface area contributed by atoms with E-state index >= 15 is 0 Å². The van der Waals surface area contributed by atoms with E-state index in [9.17, 15) is 0 Å². The van der Waals surface area contributed by atoms with Crippen LogP contribution in [0, 0.1) is 29.1 Å². The third-order valence-corrected chi connectivity index (χ3v) is 7.84. The zero-order valence-corrected chi connectivity index (χ0v) is 16.1. The van der Waals surface area contributed by atoms with Crippen molar-refractivity contribution >= 4 is 0 Å². The average molecular weight is 323 g/mol. The maximum atomic E-state index is 2.58. The normalized spacial score (nSPS) is 37.7. The molecule has 4 rings (SSSR count). The van der Waals surface area contributed by atoms with E-state index in [2.05, 4.69) is 52.0 Å². The highest BCUT2D eigenvalue weighted by Crippen LogP contribution is 2.56. The minimum atomic E-state index is 0.356. The molecule has 0 aromatic rings. The molecule has 0 aliphatic heterocycles. The first kappa shape index (κ1) is 16.4. The predicted octanol–water partition coefficient (Wildman–Crippen LogP) is 7.01. The van der Waals surface area contributed by atoms with Crippen LogP contribution in [0.3, 0.4) is 0 Å². The molecule has 0 heterocycles. The third kappa shape index (κ3) is 2.32. The molecule has 0 bridgehead atoms. The van der Waals surface area contributed by atoms with Crippen LogP contribution in [0.2, 0.25) is 0 Å². The molecular formula is C24H34. The Morgan fingerprint density at radius 2 is 1.33 bits per heavy atom. The smallest absolute Gasteiger partial charge is 0.00484 e. The Bertz CT molecular complexity index is 587. The van der Waals surface area contributed by atoms with E-state index in [4.69, 9.17) is 0 Å². The van der Waals surface area contributed by atoms with Crippen LogP contribution in [0.4, 0.5) is 0 Å². The van der Waals surface area contributed by atoms with Crippen molar-refractivity contribution in [1.29, 1.82) is 0 Å². The van der Waals surface area contributed by atoms with Gasteiger partial charge in [-0.05, 0) is 73.3 Å². The Morgan fingerprint density at radius 3 is 1.75 bits per heavy atom. The first-order valence-electron chi connectivity index (χ1n) is 10.4. The summed E-state index contributed by atoms with van der Waals surface area (Å²) < 4.78 is 0. The molecule has 0 N–H and O–H groups in total. The fourth-order valence-electron chi connectivity index (χ4n) is 6.14. The highest BCUT2D eigenvalue weighted by Gasteiger charge is 2.45. The van der Waals surface area contributed by atoms with Gasteiger partial charge in [-0.3, -0.25) is 0 Å². The van der Waals surface area contributed by atoms with E-state index in [-0.39, 0.29) is 0 Å². The van der Waals surface area contributed by atoms with Crippen molar-refractivity contribution in [2.24, 2.45) is 29.1 Å². The summed E-state index contributed by atoms with van der Waals surface area (Å²) in [5.74, 6) is 2.89. The summed E-state index contributed by atoms with van der Waals surface area (Å²) in [6.07, 6.45) is 19.6. The summed E-state index contributed by atoms with van der Waals surface area (Å²) in [6, 6.07) is 0. The van der Waals surface area contributed by atoms with Gasteiger partial charge in [0.1, 0.15) is 0 Å². The first-order chi connectivity index (χ1) is 11.6. The summed E-state index contributed by atoms with van der Waals surface area (Å²) in [4.78, 5) is 0. The van der Waals surface area contributed by atoms with Gasteiger partial charge in [0.25, 0.3) is 0 Å². The van der Waals surface area contributed by atoms with Crippen LogP contribution in [0.15, 0.2) is 46.6 Å². The molecule has 0 fully saturated rings. The van der Waals surface area contributed by atoms with Crippen LogP contribution in [-0.4, -0.2) is 0 Å². The highest BCUT2D eigenvalue weighted by molar-refractivity contribution is 5.46. The summed E-state index contributed by atoms with van der Waals surface area (Å²) in [6.45, 7) is 9.88. The van der Waals surface area contributed by atoms with Gasteiger partial charge in [0.05, 0.1) is 0 Å². The Hall–Kier alpha value is -1.04. The average Bonchev–Trinajstić information content (AvgIpc) is 3.20. The molecule has 0 amide bonds. The zero-order valence-electron chi connectivity index (χ0n) is 16.1. The monoisotopic (exact) mass is 322 g/mol. The fraction of sp³-hybridized carbons (Fsp3) is 0.667. The molecule has 0 saturated heterocycles. The minimum absolute atomic E-state index is 0.356. The van der Waals surface area contributed by atoms with Gasteiger partial charge >= 0.3 is 0 Å². The van der Waals surface area contributed by atoms with Crippen LogP contribution in [0.5, 0.6) is 0 Å². The van der Waals surface area contributed by atoms with Gasteiger partial charge in [-0.15, -0.1) is 0 Å². The Balaban J connectivity index is 1.71.